The lowest BCUT2D eigenvalue weighted by Gasteiger charge is -2.20. The maximum atomic E-state index is 13.0. The van der Waals surface area contributed by atoms with E-state index in [-0.39, 0.29) is 28.1 Å². The highest BCUT2D eigenvalue weighted by Gasteiger charge is 2.31. The lowest BCUT2D eigenvalue weighted by Crippen LogP contribution is -2.28. The van der Waals surface area contributed by atoms with Crippen LogP contribution in [0.5, 0.6) is 5.75 Å². The summed E-state index contributed by atoms with van der Waals surface area (Å²) in [6.45, 7) is 8.03. The van der Waals surface area contributed by atoms with Gasteiger partial charge in [-0.05, 0) is 42.2 Å². The molecule has 1 amide bonds. The van der Waals surface area contributed by atoms with E-state index in [9.17, 15) is 19.8 Å². The molecule has 9 nitrogen and oxygen atoms in total. The van der Waals surface area contributed by atoms with Crippen molar-refractivity contribution in [2.75, 3.05) is 10.4 Å². The summed E-state index contributed by atoms with van der Waals surface area (Å²) in [6, 6.07) is 13.9. The van der Waals surface area contributed by atoms with Gasteiger partial charge in [0, 0.05) is 23.5 Å². The number of aromatic carboxylic acids is 1. The summed E-state index contributed by atoms with van der Waals surface area (Å²) in [4.78, 5) is 28.2. The highest BCUT2D eigenvalue weighted by Crippen LogP contribution is 2.35. The second kappa shape index (κ2) is 9.02. The number of carboxylic acids is 1. The first-order valence-corrected chi connectivity index (χ1v) is 10.9. The van der Waals surface area contributed by atoms with Crippen LogP contribution in [0.25, 0.3) is 11.1 Å². The molecule has 178 valence electrons. The van der Waals surface area contributed by atoms with Gasteiger partial charge in [0.15, 0.2) is 5.71 Å². The van der Waals surface area contributed by atoms with Crippen LogP contribution in [0, 0.1) is 0 Å². The number of hydrogen-bond acceptors (Lipinski definition) is 7. The molecule has 3 N–H and O–H groups in total. The Morgan fingerprint density at radius 3 is 2.46 bits per heavy atom. The summed E-state index contributed by atoms with van der Waals surface area (Å²) in [7, 11) is 0. The number of carbonyl (C=O) groups excluding carboxylic acids is 1. The fourth-order valence-electron chi connectivity index (χ4n) is 3.59. The number of phenols is 1. The predicted molar refractivity (Wildman–Crippen MR) is 135 cm³/mol. The van der Waals surface area contributed by atoms with Gasteiger partial charge >= 0.3 is 11.9 Å². The quantitative estimate of drug-likeness (QED) is 0.367. The molecule has 0 aliphatic carbocycles. The van der Waals surface area contributed by atoms with E-state index in [4.69, 9.17) is 0 Å². The molecule has 1 aromatic heterocycles. The minimum atomic E-state index is -1.12. The Morgan fingerprint density at radius 2 is 1.80 bits per heavy atom. The van der Waals surface area contributed by atoms with Crippen LogP contribution in [0.2, 0.25) is 0 Å². The fraction of sp³-hybridized carbons (Fsp3) is 0.192. The molecule has 3 aromatic rings. The Labute approximate surface area is 202 Å². The number of hydrogen-bond donors (Lipinski definition) is 3. The highest BCUT2D eigenvalue weighted by molar-refractivity contribution is 6.71. The van der Waals surface area contributed by atoms with Gasteiger partial charge in [0.2, 0.25) is 0 Å². The molecular formula is C26H25N5O4. The van der Waals surface area contributed by atoms with Crippen LogP contribution in [0.1, 0.15) is 43.6 Å². The number of benzene rings is 2. The van der Waals surface area contributed by atoms with Gasteiger partial charge in [0.05, 0.1) is 22.6 Å². The Hall–Kier alpha value is -4.53. The van der Waals surface area contributed by atoms with E-state index in [0.717, 1.165) is 5.56 Å². The van der Waals surface area contributed by atoms with Crippen LogP contribution in [0.4, 0.5) is 11.4 Å². The number of pyridine rings is 1. The molecule has 0 radical (unpaired) electrons. The topological polar surface area (TPSA) is 127 Å². The van der Waals surface area contributed by atoms with Gasteiger partial charge in [-0.15, -0.1) is 0 Å². The minimum Gasteiger partial charge on any atom is -0.505 e. The summed E-state index contributed by atoms with van der Waals surface area (Å²) in [5.41, 5.74) is 6.08. The standard InChI is InChI=1S/C26H25N5O4/c1-15-22(24(33)31(30-15)19-10-8-18(9-11-19)26(2,3)4)29-28-21-7-5-6-20(23(21)32)16-12-17(25(34)35)14-27-13-16/h5-14,28,32H,1-4H3,(H,34,35). The van der Waals surface area contributed by atoms with Crippen molar-refractivity contribution < 1.29 is 19.8 Å². The van der Waals surface area contributed by atoms with Crippen LogP contribution >= 0.6 is 0 Å². The van der Waals surface area contributed by atoms with Crippen LogP contribution in [-0.2, 0) is 10.2 Å². The number of phenolic OH excluding ortho intramolecular Hbond substituents is 1. The minimum absolute atomic E-state index is 0.000446. The number of rotatable bonds is 5. The van der Waals surface area contributed by atoms with E-state index in [1.165, 1.54) is 23.5 Å². The first-order valence-electron chi connectivity index (χ1n) is 10.9. The van der Waals surface area contributed by atoms with E-state index < -0.39 is 11.9 Å². The zero-order valence-electron chi connectivity index (χ0n) is 19.8. The number of hydrazone groups is 2. The van der Waals surface area contributed by atoms with E-state index in [1.807, 2.05) is 24.3 Å². The normalized spacial score (nSPS) is 14.9. The van der Waals surface area contributed by atoms with Crippen molar-refractivity contribution in [1.82, 2.24) is 4.98 Å². The molecule has 0 saturated heterocycles. The SMILES string of the molecule is CC1=NN(c2ccc(C(C)(C)C)cc2)C(=O)C1=NNc1cccc(-c2cncc(C(=O)O)c2)c1O. The van der Waals surface area contributed by atoms with E-state index in [0.29, 0.717) is 22.5 Å². The zero-order valence-corrected chi connectivity index (χ0v) is 19.8. The van der Waals surface area contributed by atoms with Gasteiger partial charge in [0.25, 0.3) is 0 Å². The molecule has 0 fully saturated rings. The molecule has 0 atom stereocenters. The van der Waals surface area contributed by atoms with Crippen molar-refractivity contribution in [3.05, 3.63) is 72.1 Å². The summed E-state index contributed by atoms with van der Waals surface area (Å²) in [6.07, 6.45) is 2.68. The number of aromatic nitrogens is 1. The third kappa shape index (κ3) is 4.74. The first kappa shape index (κ1) is 23.6. The van der Waals surface area contributed by atoms with E-state index in [2.05, 4.69) is 41.4 Å². The van der Waals surface area contributed by atoms with Gasteiger partial charge in [0.1, 0.15) is 5.75 Å². The third-order valence-electron chi connectivity index (χ3n) is 5.59. The van der Waals surface area contributed by atoms with Crippen molar-refractivity contribution in [2.24, 2.45) is 10.2 Å². The number of aromatic hydroxyl groups is 1. The average Bonchev–Trinajstić information content (AvgIpc) is 3.11. The Kier molecular flexibility index (Phi) is 6.09. The first-order chi connectivity index (χ1) is 16.6. The van der Waals surface area contributed by atoms with Crippen molar-refractivity contribution >= 4 is 34.7 Å². The molecule has 9 heteroatoms. The molecule has 0 spiro atoms. The number of nitrogens with zero attached hydrogens (tertiary/aromatic N) is 4. The molecule has 2 heterocycles. The maximum absolute atomic E-state index is 13.0. The summed E-state index contributed by atoms with van der Waals surface area (Å²) in [5, 5.41) is 29.8. The second-order valence-corrected chi connectivity index (χ2v) is 9.14. The Bertz CT molecular complexity index is 1370. The number of carbonyl (C=O) groups is 2. The van der Waals surface area contributed by atoms with Crippen LogP contribution < -0.4 is 10.4 Å². The van der Waals surface area contributed by atoms with Gasteiger partial charge in [-0.25, -0.2) is 4.79 Å². The van der Waals surface area contributed by atoms with Gasteiger partial charge in [-0.3, -0.25) is 15.2 Å². The zero-order chi connectivity index (χ0) is 25.3. The summed E-state index contributed by atoms with van der Waals surface area (Å²) >= 11 is 0. The lowest BCUT2D eigenvalue weighted by atomic mass is 9.87. The van der Waals surface area contributed by atoms with Crippen LogP contribution in [-0.4, -0.2) is 38.5 Å². The van der Waals surface area contributed by atoms with E-state index in [1.54, 1.807) is 25.1 Å². The second-order valence-electron chi connectivity index (χ2n) is 9.14. The molecule has 4 rings (SSSR count). The maximum Gasteiger partial charge on any atom is 0.337 e. The molecule has 1 aliphatic heterocycles. The fourth-order valence-corrected chi connectivity index (χ4v) is 3.59. The Morgan fingerprint density at radius 1 is 1.09 bits per heavy atom. The number of anilines is 2. The molecule has 0 bridgehead atoms. The average molecular weight is 472 g/mol. The lowest BCUT2D eigenvalue weighted by molar-refractivity contribution is -0.112. The van der Waals surface area contributed by atoms with Gasteiger partial charge in [-0.2, -0.15) is 15.2 Å². The molecule has 0 saturated carbocycles. The smallest absolute Gasteiger partial charge is 0.337 e. The predicted octanol–water partition coefficient (Wildman–Crippen LogP) is 4.64. The molecule has 1 aliphatic rings. The van der Waals surface area contributed by atoms with Crippen molar-refractivity contribution in [3.63, 3.8) is 0 Å². The summed E-state index contributed by atoms with van der Waals surface area (Å²) < 4.78 is 0. The van der Waals surface area contributed by atoms with Crippen molar-refractivity contribution in [1.29, 1.82) is 0 Å². The van der Waals surface area contributed by atoms with Crippen LogP contribution in [0.3, 0.4) is 0 Å². The van der Waals surface area contributed by atoms with Gasteiger partial charge < -0.3 is 10.2 Å². The number of nitrogens with one attached hydrogen (secondary N) is 1. The van der Waals surface area contributed by atoms with Crippen LogP contribution in [0.15, 0.2) is 71.1 Å². The largest absolute Gasteiger partial charge is 0.505 e. The number of para-hydroxylation sites is 1. The third-order valence-corrected chi connectivity index (χ3v) is 5.59. The van der Waals surface area contributed by atoms with E-state index >= 15 is 0 Å². The molecule has 0 unspecified atom stereocenters. The van der Waals surface area contributed by atoms with Gasteiger partial charge in [-0.1, -0.05) is 45.0 Å². The Balaban J connectivity index is 1.57. The number of carboxylic acid groups (broad SMARTS) is 1. The molecular weight excluding hydrogens is 446 g/mol. The number of amides is 1. The van der Waals surface area contributed by atoms with Crippen molar-refractivity contribution in [3.8, 4) is 16.9 Å². The molecule has 2 aromatic carbocycles. The molecule has 35 heavy (non-hydrogen) atoms. The van der Waals surface area contributed by atoms with Crippen molar-refractivity contribution in [2.45, 2.75) is 33.1 Å². The highest BCUT2D eigenvalue weighted by atomic mass is 16.4. The summed E-state index contributed by atoms with van der Waals surface area (Å²) in [5.74, 6) is -1.67. The monoisotopic (exact) mass is 471 g/mol.